The van der Waals surface area contributed by atoms with Crippen LogP contribution in [0.15, 0.2) is 18.2 Å². The van der Waals surface area contributed by atoms with Gasteiger partial charge in [0, 0.05) is 18.8 Å². The highest BCUT2D eigenvalue weighted by atomic mass is 35.5. The van der Waals surface area contributed by atoms with Crippen molar-refractivity contribution < 1.29 is 0 Å². The third-order valence-electron chi connectivity index (χ3n) is 3.40. The molecule has 16 heavy (non-hydrogen) atoms. The number of benzene rings is 1. The molecule has 0 aromatic heterocycles. The Morgan fingerprint density at radius 3 is 2.69 bits per heavy atom. The number of anilines is 2. The minimum absolute atomic E-state index is 0.730. The van der Waals surface area contributed by atoms with Gasteiger partial charge in [0.1, 0.15) is 0 Å². The zero-order valence-electron chi connectivity index (χ0n) is 9.75. The lowest BCUT2D eigenvalue weighted by Crippen LogP contribution is -2.32. The van der Waals surface area contributed by atoms with Crippen molar-refractivity contribution in [3.63, 3.8) is 0 Å². The minimum Gasteiger partial charge on any atom is -0.399 e. The van der Waals surface area contributed by atoms with Crippen LogP contribution in [-0.4, -0.2) is 13.1 Å². The maximum absolute atomic E-state index is 6.23. The topological polar surface area (TPSA) is 29.3 Å². The van der Waals surface area contributed by atoms with E-state index in [-0.39, 0.29) is 0 Å². The second-order valence-corrected chi connectivity index (χ2v) is 4.95. The van der Waals surface area contributed by atoms with Crippen molar-refractivity contribution in [2.75, 3.05) is 23.7 Å². The van der Waals surface area contributed by atoms with Gasteiger partial charge in [-0.05, 0) is 43.9 Å². The van der Waals surface area contributed by atoms with Gasteiger partial charge in [0.15, 0.2) is 0 Å². The van der Waals surface area contributed by atoms with Gasteiger partial charge in [0.05, 0.1) is 10.7 Å². The first-order chi connectivity index (χ1) is 7.70. The van der Waals surface area contributed by atoms with E-state index in [0.29, 0.717) is 0 Å². The van der Waals surface area contributed by atoms with E-state index in [0.717, 1.165) is 35.4 Å². The Labute approximate surface area is 102 Å². The Kier molecular flexibility index (Phi) is 3.59. The Morgan fingerprint density at radius 1 is 1.44 bits per heavy atom. The molecule has 1 fully saturated rings. The highest BCUT2D eigenvalue weighted by Crippen LogP contribution is 2.32. The predicted octanol–water partition coefficient (Wildman–Crippen LogP) is 3.55. The lowest BCUT2D eigenvalue weighted by molar-refractivity contribution is 0.318. The van der Waals surface area contributed by atoms with Gasteiger partial charge in [0.2, 0.25) is 0 Å². The van der Waals surface area contributed by atoms with Crippen molar-refractivity contribution in [3.8, 4) is 0 Å². The molecule has 1 saturated carbocycles. The molecule has 1 aromatic carbocycles. The molecule has 2 N–H and O–H groups in total. The van der Waals surface area contributed by atoms with Gasteiger partial charge in [-0.15, -0.1) is 0 Å². The fraction of sp³-hybridized carbons (Fsp3) is 0.538. The summed E-state index contributed by atoms with van der Waals surface area (Å²) in [4.78, 5) is 2.35. The van der Waals surface area contributed by atoms with E-state index in [9.17, 15) is 0 Å². The summed E-state index contributed by atoms with van der Waals surface area (Å²) in [6.45, 7) is 4.30. The van der Waals surface area contributed by atoms with E-state index in [1.807, 2.05) is 18.2 Å². The van der Waals surface area contributed by atoms with E-state index < -0.39 is 0 Å². The summed E-state index contributed by atoms with van der Waals surface area (Å²) in [7, 11) is 0. The zero-order valence-corrected chi connectivity index (χ0v) is 10.5. The molecule has 0 aliphatic heterocycles. The molecule has 0 saturated heterocycles. The second kappa shape index (κ2) is 4.96. The summed E-state index contributed by atoms with van der Waals surface area (Å²) >= 11 is 6.23. The molecule has 2 rings (SSSR count). The minimum atomic E-state index is 0.730. The Hall–Kier alpha value is -0.890. The number of hydrogen-bond donors (Lipinski definition) is 1. The van der Waals surface area contributed by atoms with Crippen molar-refractivity contribution in [1.82, 2.24) is 0 Å². The van der Waals surface area contributed by atoms with Gasteiger partial charge in [-0.2, -0.15) is 0 Å². The SMILES string of the molecule is CCN(CC1CCC1)c1ccc(N)cc1Cl. The molecule has 0 atom stereocenters. The Balaban J connectivity index is 2.11. The molecule has 0 heterocycles. The van der Waals surface area contributed by atoms with Crippen molar-refractivity contribution in [2.24, 2.45) is 5.92 Å². The number of halogens is 1. The van der Waals surface area contributed by atoms with Crippen LogP contribution in [0.1, 0.15) is 26.2 Å². The van der Waals surface area contributed by atoms with Crippen LogP contribution in [0.3, 0.4) is 0 Å². The monoisotopic (exact) mass is 238 g/mol. The third kappa shape index (κ3) is 2.43. The van der Waals surface area contributed by atoms with Crippen LogP contribution in [0.2, 0.25) is 5.02 Å². The average Bonchev–Trinajstić information content (AvgIpc) is 2.18. The van der Waals surface area contributed by atoms with E-state index >= 15 is 0 Å². The molecule has 88 valence electrons. The molecule has 2 nitrogen and oxygen atoms in total. The standard InChI is InChI=1S/C13H19ClN2/c1-2-16(9-10-4-3-5-10)13-7-6-11(15)8-12(13)14/h6-8,10H,2-5,9,15H2,1H3. The smallest absolute Gasteiger partial charge is 0.0660 e. The maximum Gasteiger partial charge on any atom is 0.0660 e. The average molecular weight is 239 g/mol. The summed E-state index contributed by atoms with van der Waals surface area (Å²) in [6, 6.07) is 5.78. The van der Waals surface area contributed by atoms with Crippen LogP contribution in [0.5, 0.6) is 0 Å². The van der Waals surface area contributed by atoms with E-state index in [1.165, 1.54) is 19.3 Å². The van der Waals surface area contributed by atoms with E-state index in [4.69, 9.17) is 17.3 Å². The van der Waals surface area contributed by atoms with Crippen molar-refractivity contribution >= 4 is 23.0 Å². The molecule has 0 radical (unpaired) electrons. The predicted molar refractivity (Wildman–Crippen MR) is 71.1 cm³/mol. The van der Waals surface area contributed by atoms with Gasteiger partial charge in [-0.25, -0.2) is 0 Å². The first-order valence-corrected chi connectivity index (χ1v) is 6.38. The highest BCUT2D eigenvalue weighted by Gasteiger charge is 2.21. The third-order valence-corrected chi connectivity index (χ3v) is 3.70. The molecule has 0 spiro atoms. The molecule has 3 heteroatoms. The van der Waals surface area contributed by atoms with E-state index in [2.05, 4.69) is 11.8 Å². The van der Waals surface area contributed by atoms with Crippen molar-refractivity contribution in [2.45, 2.75) is 26.2 Å². The first-order valence-electron chi connectivity index (χ1n) is 6.00. The van der Waals surface area contributed by atoms with Gasteiger partial charge in [-0.3, -0.25) is 0 Å². The molecule has 0 bridgehead atoms. The van der Waals surface area contributed by atoms with Gasteiger partial charge >= 0.3 is 0 Å². The second-order valence-electron chi connectivity index (χ2n) is 4.55. The van der Waals surface area contributed by atoms with Crippen LogP contribution >= 0.6 is 11.6 Å². The zero-order chi connectivity index (χ0) is 11.5. The summed E-state index contributed by atoms with van der Waals surface area (Å²) in [5, 5.41) is 0.765. The first kappa shape index (κ1) is 11.6. The van der Waals surface area contributed by atoms with Gasteiger partial charge < -0.3 is 10.6 Å². The van der Waals surface area contributed by atoms with Crippen LogP contribution in [0.25, 0.3) is 0 Å². The highest BCUT2D eigenvalue weighted by molar-refractivity contribution is 6.33. The summed E-state index contributed by atoms with van der Waals surface area (Å²) in [5.74, 6) is 0.855. The quantitative estimate of drug-likeness (QED) is 0.813. The largest absolute Gasteiger partial charge is 0.399 e. The Morgan fingerprint density at radius 2 is 2.19 bits per heavy atom. The number of hydrogen-bond acceptors (Lipinski definition) is 2. The summed E-state index contributed by atoms with van der Waals surface area (Å²) in [5.41, 5.74) is 7.55. The van der Waals surface area contributed by atoms with Gasteiger partial charge in [0.25, 0.3) is 0 Å². The van der Waals surface area contributed by atoms with Crippen molar-refractivity contribution in [3.05, 3.63) is 23.2 Å². The van der Waals surface area contributed by atoms with Gasteiger partial charge in [-0.1, -0.05) is 18.0 Å². The summed E-state index contributed by atoms with van der Waals surface area (Å²) < 4.78 is 0. The molecule has 1 aromatic rings. The van der Waals surface area contributed by atoms with Crippen LogP contribution < -0.4 is 10.6 Å². The maximum atomic E-state index is 6.23. The lowest BCUT2D eigenvalue weighted by Gasteiger charge is -2.33. The normalized spacial score (nSPS) is 15.9. The number of nitrogens with two attached hydrogens (primary N) is 1. The molecule has 1 aliphatic carbocycles. The molecule has 1 aliphatic rings. The number of nitrogens with zero attached hydrogens (tertiary/aromatic N) is 1. The molecule has 0 amide bonds. The summed E-state index contributed by atoms with van der Waals surface area (Å²) in [6.07, 6.45) is 4.11. The number of rotatable bonds is 4. The van der Waals surface area contributed by atoms with E-state index in [1.54, 1.807) is 0 Å². The van der Waals surface area contributed by atoms with Crippen LogP contribution in [0, 0.1) is 5.92 Å². The number of nitrogen functional groups attached to an aromatic ring is 1. The lowest BCUT2D eigenvalue weighted by atomic mass is 9.85. The van der Waals surface area contributed by atoms with Crippen molar-refractivity contribution in [1.29, 1.82) is 0 Å². The van der Waals surface area contributed by atoms with Crippen LogP contribution in [-0.2, 0) is 0 Å². The molecular weight excluding hydrogens is 220 g/mol. The van der Waals surface area contributed by atoms with Crippen LogP contribution in [0.4, 0.5) is 11.4 Å². The molecular formula is C13H19ClN2. The molecule has 0 unspecified atom stereocenters. The fourth-order valence-electron chi connectivity index (χ4n) is 2.16. The Bertz CT molecular complexity index is 361. The fourth-order valence-corrected chi connectivity index (χ4v) is 2.47.